The van der Waals surface area contributed by atoms with Gasteiger partial charge in [-0.3, -0.25) is 20.4 Å². The van der Waals surface area contributed by atoms with Crippen molar-refractivity contribution in [2.24, 2.45) is 5.92 Å². The van der Waals surface area contributed by atoms with Crippen LogP contribution in [0.1, 0.15) is 78.5 Å². The maximum absolute atomic E-state index is 13.4. The largest absolute Gasteiger partial charge is 0.420 e. The van der Waals surface area contributed by atoms with Gasteiger partial charge >= 0.3 is 0 Å². The number of rotatable bonds is 10. The number of nitrogens with zero attached hydrogens (tertiary/aromatic N) is 4. The second-order valence-corrected chi connectivity index (χ2v) is 14.7. The molecule has 2 amide bonds. The summed E-state index contributed by atoms with van der Waals surface area (Å²) in [7, 11) is 0. The van der Waals surface area contributed by atoms with Crippen LogP contribution in [0, 0.1) is 44.5 Å². The van der Waals surface area contributed by atoms with Crippen molar-refractivity contribution in [1.29, 1.82) is 0 Å². The fourth-order valence-electron chi connectivity index (χ4n) is 6.00. The molecule has 0 radical (unpaired) electrons. The monoisotopic (exact) mass is 876 g/mol. The van der Waals surface area contributed by atoms with E-state index in [1.807, 2.05) is 13.0 Å². The molecule has 0 bridgehead atoms. The van der Waals surface area contributed by atoms with Crippen molar-refractivity contribution in [2.75, 3.05) is 13.2 Å². The summed E-state index contributed by atoms with van der Waals surface area (Å²) in [5.74, 6) is -3.15. The summed E-state index contributed by atoms with van der Waals surface area (Å²) in [6.07, 6.45) is 1.35. The molecule has 2 heterocycles. The van der Waals surface area contributed by atoms with Crippen molar-refractivity contribution in [1.82, 2.24) is 21.0 Å². The van der Waals surface area contributed by atoms with Gasteiger partial charge in [-0.05, 0) is 112 Å². The molecular weight excluding hydrogens is 829 g/mol. The van der Waals surface area contributed by atoms with E-state index in [9.17, 15) is 28.6 Å². The SMILES string of the molecule is C.C1CCOC1.[C-]#[N+]c1ccc(C[C@@H](C(=O)NNC(=O)c2cccc(F)c2)[C@H](C)O)c(C)c1Cl.[C-]#[N+]c1ccc(C[C@@H](c2nnc(-c3cccc(F)c3)o2)[C@H](C)O)c(C)c1Cl. The van der Waals surface area contributed by atoms with Crippen molar-refractivity contribution in [2.45, 2.75) is 78.9 Å². The van der Waals surface area contributed by atoms with Gasteiger partial charge in [-0.2, -0.15) is 0 Å². The van der Waals surface area contributed by atoms with Crippen LogP contribution < -0.4 is 10.9 Å². The lowest BCUT2D eigenvalue weighted by molar-refractivity contribution is -0.128. The highest BCUT2D eigenvalue weighted by atomic mass is 35.5. The topological polar surface area (TPSA) is 156 Å². The van der Waals surface area contributed by atoms with Crippen molar-refractivity contribution >= 4 is 46.4 Å². The number of aliphatic hydroxyl groups is 2. The Morgan fingerprint density at radius 1 is 0.803 bits per heavy atom. The van der Waals surface area contributed by atoms with Gasteiger partial charge in [-0.1, -0.05) is 67.0 Å². The van der Waals surface area contributed by atoms with Gasteiger partial charge < -0.3 is 19.4 Å². The minimum absolute atomic E-state index is 0. The summed E-state index contributed by atoms with van der Waals surface area (Å²) < 4.78 is 37.3. The van der Waals surface area contributed by atoms with Gasteiger partial charge in [-0.15, -0.1) is 10.2 Å². The highest BCUT2D eigenvalue weighted by Gasteiger charge is 2.27. The van der Waals surface area contributed by atoms with Crippen LogP contribution in [0.4, 0.5) is 20.2 Å². The summed E-state index contributed by atoms with van der Waals surface area (Å²) in [4.78, 5) is 31.2. The van der Waals surface area contributed by atoms with Gasteiger partial charge in [0.1, 0.15) is 11.6 Å². The Hall–Kier alpha value is -5.74. The van der Waals surface area contributed by atoms with Gasteiger partial charge in [0.25, 0.3) is 5.91 Å². The molecule has 4 aromatic carbocycles. The van der Waals surface area contributed by atoms with E-state index in [1.165, 1.54) is 50.1 Å². The van der Waals surface area contributed by atoms with E-state index in [4.69, 9.17) is 45.5 Å². The zero-order valence-electron chi connectivity index (χ0n) is 33.3. The van der Waals surface area contributed by atoms with Gasteiger partial charge in [0.2, 0.25) is 29.1 Å². The Labute approximate surface area is 364 Å². The molecule has 4 atom stereocenters. The summed E-state index contributed by atoms with van der Waals surface area (Å²) in [5, 5.41) is 29.0. The van der Waals surface area contributed by atoms with Crippen LogP contribution >= 0.6 is 23.2 Å². The molecule has 0 aliphatic carbocycles. The first-order valence-corrected chi connectivity index (χ1v) is 19.6. The third-order valence-electron chi connectivity index (χ3n) is 9.62. The molecule has 0 saturated carbocycles. The molecule has 0 spiro atoms. The summed E-state index contributed by atoms with van der Waals surface area (Å²) in [6, 6.07) is 17.6. The molecule has 6 rings (SSSR count). The zero-order chi connectivity index (χ0) is 43.9. The van der Waals surface area contributed by atoms with Crippen molar-refractivity contribution < 1.29 is 37.7 Å². The van der Waals surface area contributed by atoms with Crippen LogP contribution in [0.15, 0.2) is 77.2 Å². The molecule has 1 aromatic heterocycles. The van der Waals surface area contributed by atoms with E-state index >= 15 is 0 Å². The lowest BCUT2D eigenvalue weighted by atomic mass is 9.91. The van der Waals surface area contributed by atoms with E-state index in [1.54, 1.807) is 44.2 Å². The van der Waals surface area contributed by atoms with Gasteiger partial charge in [0.15, 0.2) is 0 Å². The average Bonchev–Trinajstić information content (AvgIpc) is 3.98. The molecule has 4 N–H and O–H groups in total. The number of halogens is 4. The standard InChI is InChI=1S/C20H19ClFN3O3.C20H17ClFN3O2.C4H8O.CH4/c1-11-13(7-8-17(23-3)18(11)21)10-16(12(2)26)20(28)25-24-19(27)14-5-4-6-15(22)9-14;1-11-13(7-8-17(23-3)18(11)21)10-16(12(2)26)20-25-24-19(27-20)14-5-4-6-15(22)9-14;1-2-4-5-3-1;/h4-9,12,16,26H,10H2,1-2H3,(H,24,27)(H,25,28);4-9,12,16,26H,10H2,1-2H3;1-4H2;1H4/t2*12-,16+;;/m00../s1. The smallest absolute Gasteiger partial charge is 0.269 e. The van der Waals surface area contributed by atoms with E-state index in [-0.39, 0.29) is 31.2 Å². The Kier molecular flexibility index (Phi) is 19.4. The van der Waals surface area contributed by atoms with Crippen LogP contribution in [0.5, 0.6) is 0 Å². The number of aliphatic hydroxyl groups excluding tert-OH is 2. The number of aromatic nitrogens is 2. The number of hydrogen-bond acceptors (Lipinski definition) is 8. The maximum Gasteiger partial charge on any atom is 0.269 e. The number of carbonyl (C=O) groups is 2. The van der Waals surface area contributed by atoms with Crippen LogP contribution in [0.25, 0.3) is 21.1 Å². The number of carbonyl (C=O) groups excluding carboxylic acids is 2. The number of benzene rings is 4. The number of ether oxygens (including phenoxy) is 1. The second kappa shape index (κ2) is 23.9. The highest BCUT2D eigenvalue weighted by Crippen LogP contribution is 2.35. The molecule has 12 nitrogen and oxygen atoms in total. The summed E-state index contributed by atoms with van der Waals surface area (Å²) in [5.41, 5.74) is 8.69. The molecule has 1 aliphatic rings. The third kappa shape index (κ3) is 13.9. The van der Waals surface area contributed by atoms with Gasteiger partial charge in [0, 0.05) is 24.3 Å². The highest BCUT2D eigenvalue weighted by molar-refractivity contribution is 6.34. The second-order valence-electron chi connectivity index (χ2n) is 13.9. The number of nitrogens with one attached hydrogen (secondary N) is 2. The van der Waals surface area contributed by atoms with Gasteiger partial charge in [0.05, 0.1) is 47.2 Å². The van der Waals surface area contributed by atoms with E-state index in [0.717, 1.165) is 30.4 Å². The minimum Gasteiger partial charge on any atom is -0.420 e. The van der Waals surface area contributed by atoms with E-state index < -0.39 is 47.5 Å². The normalized spacial score (nSPS) is 13.6. The van der Waals surface area contributed by atoms with Crippen molar-refractivity contribution in [3.63, 3.8) is 0 Å². The quantitative estimate of drug-likeness (QED) is 0.0799. The summed E-state index contributed by atoms with van der Waals surface area (Å²) >= 11 is 12.4. The van der Waals surface area contributed by atoms with E-state index in [2.05, 4.69) is 30.7 Å². The Morgan fingerprint density at radius 2 is 1.36 bits per heavy atom. The first kappa shape index (κ1) is 49.6. The molecular formula is C45H48Cl2F2N6O6. The summed E-state index contributed by atoms with van der Waals surface area (Å²) in [6.45, 7) is 22.9. The van der Waals surface area contributed by atoms with Crippen LogP contribution in [0.2, 0.25) is 10.0 Å². The third-order valence-corrected chi connectivity index (χ3v) is 10.6. The molecule has 5 aromatic rings. The first-order valence-electron chi connectivity index (χ1n) is 18.8. The Morgan fingerprint density at radius 3 is 1.85 bits per heavy atom. The molecule has 322 valence electrons. The molecule has 1 saturated heterocycles. The minimum atomic E-state index is -1.01. The predicted octanol–water partition coefficient (Wildman–Crippen LogP) is 9.87. The molecule has 0 unspecified atom stereocenters. The predicted molar refractivity (Wildman–Crippen MR) is 230 cm³/mol. The lowest BCUT2D eigenvalue weighted by Gasteiger charge is -2.21. The van der Waals surface area contributed by atoms with Crippen LogP contribution in [-0.2, 0) is 22.4 Å². The van der Waals surface area contributed by atoms with Crippen LogP contribution in [0.3, 0.4) is 0 Å². The molecule has 61 heavy (non-hydrogen) atoms. The van der Waals surface area contributed by atoms with Crippen LogP contribution in [-0.4, -0.2) is 57.6 Å². The van der Waals surface area contributed by atoms with Crippen molar-refractivity contribution in [3.05, 3.63) is 151 Å². The maximum atomic E-state index is 13.4. The number of amides is 2. The fourth-order valence-corrected chi connectivity index (χ4v) is 6.46. The van der Waals surface area contributed by atoms with Crippen molar-refractivity contribution in [3.8, 4) is 11.5 Å². The number of hydrogen-bond donors (Lipinski definition) is 4. The first-order chi connectivity index (χ1) is 28.6. The van der Waals surface area contributed by atoms with Gasteiger partial charge in [-0.25, -0.2) is 18.5 Å². The number of hydrazine groups is 1. The molecule has 16 heteroatoms. The molecule has 1 fully saturated rings. The average molecular weight is 878 g/mol. The molecule has 1 aliphatic heterocycles. The fraction of sp³-hybridized carbons (Fsp3) is 0.333. The Bertz CT molecular complexity index is 2350. The zero-order valence-corrected chi connectivity index (χ0v) is 34.8. The van der Waals surface area contributed by atoms with E-state index in [0.29, 0.717) is 44.5 Å². The Balaban J connectivity index is 0.000000287. The lowest BCUT2D eigenvalue weighted by Crippen LogP contribution is -2.47.